The summed E-state index contributed by atoms with van der Waals surface area (Å²) in [6.07, 6.45) is -0.443. The summed E-state index contributed by atoms with van der Waals surface area (Å²) in [6.45, 7) is 6.16. The molecule has 0 radical (unpaired) electrons. The van der Waals surface area contributed by atoms with Crippen molar-refractivity contribution in [1.82, 2.24) is 16.0 Å². The van der Waals surface area contributed by atoms with Crippen molar-refractivity contribution in [3.05, 3.63) is 23.8 Å². The van der Waals surface area contributed by atoms with E-state index < -0.39 is 11.7 Å². The molecular weight excluding hydrogens is 354 g/mol. The molecule has 0 aliphatic carbocycles. The van der Waals surface area contributed by atoms with E-state index in [4.69, 9.17) is 14.2 Å². The quantitative estimate of drug-likeness (QED) is 0.613. The molecular formula is C18H25N3O6. The van der Waals surface area contributed by atoms with Gasteiger partial charge in [0.05, 0.1) is 0 Å². The minimum Gasteiger partial charge on any atom is -0.454 e. The highest BCUT2D eigenvalue weighted by Gasteiger charge is 2.17. The molecule has 0 fully saturated rings. The van der Waals surface area contributed by atoms with Gasteiger partial charge in [-0.1, -0.05) is 0 Å². The number of benzene rings is 1. The lowest BCUT2D eigenvalue weighted by Crippen LogP contribution is -2.37. The second-order valence-electron chi connectivity index (χ2n) is 6.85. The summed E-state index contributed by atoms with van der Waals surface area (Å²) in [5, 5.41) is 7.88. The van der Waals surface area contributed by atoms with E-state index in [-0.39, 0.29) is 44.7 Å². The summed E-state index contributed by atoms with van der Waals surface area (Å²) >= 11 is 0. The zero-order valence-electron chi connectivity index (χ0n) is 15.7. The molecule has 0 spiro atoms. The zero-order chi connectivity index (χ0) is 19.9. The number of fused-ring (bicyclic) bond motifs is 1. The molecule has 2 rings (SSSR count). The highest BCUT2D eigenvalue weighted by Crippen LogP contribution is 2.32. The van der Waals surface area contributed by atoms with Crippen LogP contribution in [-0.4, -0.2) is 49.9 Å². The Bertz CT molecular complexity index is 699. The first-order valence-corrected chi connectivity index (χ1v) is 8.66. The first kappa shape index (κ1) is 20.3. The molecule has 1 aromatic carbocycles. The van der Waals surface area contributed by atoms with Crippen molar-refractivity contribution in [3.63, 3.8) is 0 Å². The van der Waals surface area contributed by atoms with E-state index in [1.165, 1.54) is 0 Å². The van der Waals surface area contributed by atoms with Gasteiger partial charge >= 0.3 is 6.09 Å². The van der Waals surface area contributed by atoms with Gasteiger partial charge in [-0.3, -0.25) is 9.59 Å². The van der Waals surface area contributed by atoms with E-state index in [2.05, 4.69) is 16.0 Å². The van der Waals surface area contributed by atoms with Gasteiger partial charge in [0, 0.05) is 31.6 Å². The molecule has 1 aliphatic rings. The number of carbonyl (C=O) groups is 3. The molecule has 0 bridgehead atoms. The van der Waals surface area contributed by atoms with E-state index in [0.29, 0.717) is 17.1 Å². The number of carbonyl (C=O) groups excluding carboxylic acids is 3. The van der Waals surface area contributed by atoms with Crippen molar-refractivity contribution in [2.24, 2.45) is 0 Å². The molecule has 27 heavy (non-hydrogen) atoms. The fourth-order valence-electron chi connectivity index (χ4n) is 2.20. The molecule has 0 aromatic heterocycles. The maximum Gasteiger partial charge on any atom is 0.407 e. The van der Waals surface area contributed by atoms with E-state index in [1.54, 1.807) is 39.0 Å². The van der Waals surface area contributed by atoms with Crippen molar-refractivity contribution in [3.8, 4) is 11.5 Å². The van der Waals surface area contributed by atoms with Crippen LogP contribution < -0.4 is 25.4 Å². The van der Waals surface area contributed by atoms with Gasteiger partial charge in [0.2, 0.25) is 12.7 Å². The Morgan fingerprint density at radius 2 is 1.70 bits per heavy atom. The normalized spacial score (nSPS) is 12.3. The monoisotopic (exact) mass is 379 g/mol. The van der Waals surface area contributed by atoms with Crippen molar-refractivity contribution >= 4 is 17.9 Å². The Hall–Kier alpha value is -2.97. The van der Waals surface area contributed by atoms with E-state index >= 15 is 0 Å². The van der Waals surface area contributed by atoms with Crippen molar-refractivity contribution < 1.29 is 28.6 Å². The number of rotatable bonds is 7. The van der Waals surface area contributed by atoms with Gasteiger partial charge in [-0.15, -0.1) is 0 Å². The van der Waals surface area contributed by atoms with Crippen molar-refractivity contribution in [1.29, 1.82) is 0 Å². The number of hydrogen-bond donors (Lipinski definition) is 3. The second kappa shape index (κ2) is 9.11. The fraction of sp³-hybridized carbons (Fsp3) is 0.500. The van der Waals surface area contributed by atoms with Gasteiger partial charge in [-0.05, 0) is 39.0 Å². The average Bonchev–Trinajstić information content (AvgIpc) is 3.04. The van der Waals surface area contributed by atoms with E-state index in [1.807, 2.05) is 0 Å². The first-order chi connectivity index (χ1) is 12.7. The predicted molar refractivity (Wildman–Crippen MR) is 96.8 cm³/mol. The van der Waals surface area contributed by atoms with Crippen LogP contribution in [0.4, 0.5) is 4.79 Å². The van der Waals surface area contributed by atoms with Crippen LogP contribution in [0.25, 0.3) is 0 Å². The van der Waals surface area contributed by atoms with Crippen LogP contribution >= 0.6 is 0 Å². The molecule has 0 saturated carbocycles. The van der Waals surface area contributed by atoms with Gasteiger partial charge in [0.15, 0.2) is 11.5 Å². The molecule has 1 aromatic rings. The SMILES string of the molecule is CC(C)(C)OC(=O)NCCC(=O)NCCNC(=O)c1ccc2c(c1)OCO2. The molecule has 1 aliphatic heterocycles. The summed E-state index contributed by atoms with van der Waals surface area (Å²) < 4.78 is 15.5. The summed E-state index contributed by atoms with van der Waals surface area (Å²) in [7, 11) is 0. The minimum atomic E-state index is -0.581. The smallest absolute Gasteiger partial charge is 0.407 e. The highest BCUT2D eigenvalue weighted by atomic mass is 16.7. The Morgan fingerprint density at radius 3 is 2.44 bits per heavy atom. The molecule has 9 nitrogen and oxygen atoms in total. The molecule has 9 heteroatoms. The van der Waals surface area contributed by atoms with Crippen LogP contribution in [0, 0.1) is 0 Å². The lowest BCUT2D eigenvalue weighted by molar-refractivity contribution is -0.120. The van der Waals surface area contributed by atoms with Gasteiger partial charge in [0.1, 0.15) is 5.60 Å². The largest absolute Gasteiger partial charge is 0.454 e. The molecule has 148 valence electrons. The number of nitrogens with one attached hydrogen (secondary N) is 3. The summed E-state index contributed by atoms with van der Waals surface area (Å²) in [6, 6.07) is 4.93. The first-order valence-electron chi connectivity index (χ1n) is 8.66. The van der Waals surface area contributed by atoms with E-state index in [0.717, 1.165) is 0 Å². The van der Waals surface area contributed by atoms with Crippen LogP contribution in [0.5, 0.6) is 11.5 Å². The Balaban J connectivity index is 1.59. The average molecular weight is 379 g/mol. The number of ether oxygens (including phenoxy) is 3. The van der Waals surface area contributed by atoms with Gasteiger partial charge in [-0.2, -0.15) is 0 Å². The topological polar surface area (TPSA) is 115 Å². The summed E-state index contributed by atoms with van der Waals surface area (Å²) in [5.41, 5.74) is -0.130. The van der Waals surface area contributed by atoms with Gasteiger partial charge in [0.25, 0.3) is 5.91 Å². The molecule has 0 atom stereocenters. The fourth-order valence-corrected chi connectivity index (χ4v) is 2.20. The van der Waals surface area contributed by atoms with Gasteiger partial charge in [-0.25, -0.2) is 4.79 Å². The number of amides is 3. The lowest BCUT2D eigenvalue weighted by atomic mass is 10.2. The number of alkyl carbamates (subject to hydrolysis) is 1. The van der Waals surface area contributed by atoms with Crippen LogP contribution in [-0.2, 0) is 9.53 Å². The van der Waals surface area contributed by atoms with Crippen molar-refractivity contribution in [2.75, 3.05) is 26.4 Å². The molecule has 3 N–H and O–H groups in total. The Kier molecular flexibility index (Phi) is 6.86. The Morgan fingerprint density at radius 1 is 1.00 bits per heavy atom. The van der Waals surface area contributed by atoms with Crippen LogP contribution in [0.15, 0.2) is 18.2 Å². The predicted octanol–water partition coefficient (Wildman–Crippen LogP) is 1.18. The molecule has 0 unspecified atom stereocenters. The number of hydrogen-bond acceptors (Lipinski definition) is 6. The summed E-state index contributed by atoms with van der Waals surface area (Å²) in [4.78, 5) is 35.2. The standard InChI is InChI=1S/C18H25N3O6/c1-18(2,3)27-17(24)21-7-6-15(22)19-8-9-20-16(23)12-4-5-13-14(10-12)26-11-25-13/h4-5,10H,6-9,11H2,1-3H3,(H,19,22)(H,20,23)(H,21,24). The van der Waals surface area contributed by atoms with Gasteiger partial charge < -0.3 is 30.2 Å². The van der Waals surface area contributed by atoms with Crippen molar-refractivity contribution in [2.45, 2.75) is 32.8 Å². The highest BCUT2D eigenvalue weighted by molar-refractivity contribution is 5.95. The van der Waals surface area contributed by atoms with Crippen LogP contribution in [0.3, 0.4) is 0 Å². The minimum absolute atomic E-state index is 0.120. The summed E-state index contributed by atoms with van der Waals surface area (Å²) in [5.74, 6) is 0.643. The second-order valence-corrected chi connectivity index (χ2v) is 6.85. The van der Waals surface area contributed by atoms with Crippen LogP contribution in [0.2, 0.25) is 0 Å². The molecule has 0 saturated heterocycles. The third kappa shape index (κ3) is 7.04. The maximum absolute atomic E-state index is 12.1. The lowest BCUT2D eigenvalue weighted by Gasteiger charge is -2.19. The third-order valence-electron chi connectivity index (χ3n) is 3.39. The zero-order valence-corrected chi connectivity index (χ0v) is 15.7. The molecule has 3 amide bonds. The maximum atomic E-state index is 12.1. The Labute approximate surface area is 157 Å². The molecule has 1 heterocycles. The van der Waals surface area contributed by atoms with Crippen LogP contribution in [0.1, 0.15) is 37.6 Å². The third-order valence-corrected chi connectivity index (χ3v) is 3.39. The van der Waals surface area contributed by atoms with E-state index in [9.17, 15) is 14.4 Å².